The minimum Gasteiger partial charge on any atom is -0.508 e. The second kappa shape index (κ2) is 5.72. The van der Waals surface area contributed by atoms with Crippen LogP contribution >= 0.6 is 0 Å². The van der Waals surface area contributed by atoms with E-state index in [0.29, 0.717) is 5.56 Å². The maximum atomic E-state index is 12.0. The third kappa shape index (κ3) is 3.24. The number of carbonyl (C=O) groups excluding carboxylic acids is 1. The predicted molar refractivity (Wildman–Crippen MR) is 73.6 cm³/mol. The molecule has 0 bridgehead atoms. The van der Waals surface area contributed by atoms with E-state index in [4.69, 9.17) is 5.11 Å². The van der Waals surface area contributed by atoms with Crippen LogP contribution in [0.3, 0.4) is 0 Å². The number of rotatable bonds is 4. The monoisotopic (exact) mass is 290 g/mol. The Kier molecular flexibility index (Phi) is 4.00. The molecule has 0 saturated heterocycles. The van der Waals surface area contributed by atoms with Crippen molar-refractivity contribution in [2.45, 2.75) is 12.5 Å². The van der Waals surface area contributed by atoms with Crippen LogP contribution in [-0.4, -0.2) is 37.4 Å². The number of phenolic OH excluding ortho intramolecular Hbond substituents is 4. The number of hydrogen-bond donors (Lipinski definition) is 5. The number of hydrogen-bond acceptors (Lipinski definition) is 6. The highest BCUT2D eigenvalue weighted by Crippen LogP contribution is 2.27. The number of aromatic hydroxyl groups is 4. The number of carbonyl (C=O) groups is 1. The van der Waals surface area contributed by atoms with Crippen molar-refractivity contribution >= 4 is 5.78 Å². The lowest BCUT2D eigenvalue weighted by molar-refractivity contribution is 0.0745. The standard InChI is InChI=1S/C15H14O6/c16-9-2-3-10(12(18)7-9)15(21)14(20)6-8-1-4-11(17)13(19)5-8/h1-5,7,14,16-20H,6H2/t14-/m1/s1. The van der Waals surface area contributed by atoms with Crippen LogP contribution in [0.15, 0.2) is 36.4 Å². The predicted octanol–water partition coefficient (Wildman–Crippen LogP) is 1.30. The maximum absolute atomic E-state index is 12.0. The summed E-state index contributed by atoms with van der Waals surface area (Å²) >= 11 is 0. The Morgan fingerprint density at radius 3 is 2.24 bits per heavy atom. The average molecular weight is 290 g/mol. The van der Waals surface area contributed by atoms with Crippen molar-refractivity contribution in [3.8, 4) is 23.0 Å². The molecule has 0 aliphatic carbocycles. The zero-order chi connectivity index (χ0) is 15.6. The summed E-state index contributed by atoms with van der Waals surface area (Å²) in [5.41, 5.74) is 0.340. The van der Waals surface area contributed by atoms with Crippen LogP contribution < -0.4 is 0 Å². The Balaban J connectivity index is 2.17. The molecule has 6 nitrogen and oxygen atoms in total. The van der Waals surface area contributed by atoms with E-state index < -0.39 is 17.6 Å². The molecule has 2 aromatic rings. The molecule has 0 saturated carbocycles. The number of aliphatic hydroxyl groups is 1. The summed E-state index contributed by atoms with van der Waals surface area (Å²) in [6, 6.07) is 7.40. The molecule has 110 valence electrons. The number of ketones is 1. The lowest BCUT2D eigenvalue weighted by atomic mass is 9.99. The van der Waals surface area contributed by atoms with Crippen molar-refractivity contribution in [2.24, 2.45) is 0 Å². The summed E-state index contributed by atoms with van der Waals surface area (Å²) in [4.78, 5) is 12.0. The van der Waals surface area contributed by atoms with Crippen LogP contribution in [0.5, 0.6) is 23.0 Å². The fraction of sp³-hybridized carbons (Fsp3) is 0.133. The Labute approximate surface area is 120 Å². The van der Waals surface area contributed by atoms with Crippen molar-refractivity contribution < 1.29 is 30.3 Å². The summed E-state index contributed by atoms with van der Waals surface area (Å²) in [6.07, 6.45) is -1.52. The minimum absolute atomic E-state index is 0.0903. The second-order valence-corrected chi connectivity index (χ2v) is 4.61. The zero-order valence-electron chi connectivity index (χ0n) is 10.9. The quantitative estimate of drug-likeness (QED) is 0.428. The van der Waals surface area contributed by atoms with Gasteiger partial charge in [0.1, 0.15) is 17.6 Å². The molecule has 0 unspecified atom stereocenters. The molecular formula is C15H14O6. The Bertz CT molecular complexity index is 680. The molecule has 0 amide bonds. The van der Waals surface area contributed by atoms with Gasteiger partial charge in [-0.3, -0.25) is 4.79 Å². The van der Waals surface area contributed by atoms with Gasteiger partial charge in [-0.1, -0.05) is 6.07 Å². The second-order valence-electron chi connectivity index (χ2n) is 4.61. The number of phenols is 4. The van der Waals surface area contributed by atoms with Crippen molar-refractivity contribution in [2.75, 3.05) is 0 Å². The lowest BCUT2D eigenvalue weighted by Crippen LogP contribution is -2.23. The Morgan fingerprint density at radius 2 is 1.62 bits per heavy atom. The average Bonchev–Trinajstić information content (AvgIpc) is 2.42. The van der Waals surface area contributed by atoms with Gasteiger partial charge in [0, 0.05) is 12.5 Å². The van der Waals surface area contributed by atoms with Gasteiger partial charge in [0.2, 0.25) is 0 Å². The highest BCUT2D eigenvalue weighted by Gasteiger charge is 2.21. The molecule has 0 fully saturated rings. The molecule has 21 heavy (non-hydrogen) atoms. The van der Waals surface area contributed by atoms with E-state index in [1.54, 1.807) is 0 Å². The molecule has 0 heterocycles. The SMILES string of the molecule is O=C(c1ccc(O)cc1O)[C@H](O)Cc1ccc(O)c(O)c1. The fourth-order valence-corrected chi connectivity index (χ4v) is 1.92. The van der Waals surface area contributed by atoms with Crippen molar-refractivity contribution in [1.29, 1.82) is 0 Å². The highest BCUT2D eigenvalue weighted by atomic mass is 16.3. The van der Waals surface area contributed by atoms with E-state index >= 15 is 0 Å². The normalized spacial score (nSPS) is 12.0. The molecule has 5 N–H and O–H groups in total. The largest absolute Gasteiger partial charge is 0.508 e. The number of Topliss-reactive ketones (excluding diaryl/α,β-unsaturated/α-hetero) is 1. The van der Waals surface area contributed by atoms with Crippen LogP contribution in [0.2, 0.25) is 0 Å². The molecule has 1 atom stereocenters. The van der Waals surface area contributed by atoms with E-state index in [2.05, 4.69) is 0 Å². The van der Waals surface area contributed by atoms with Crippen LogP contribution in [0.4, 0.5) is 0 Å². The van der Waals surface area contributed by atoms with Gasteiger partial charge < -0.3 is 25.5 Å². The van der Waals surface area contributed by atoms with Gasteiger partial charge in [0.05, 0.1) is 5.56 Å². The fourth-order valence-electron chi connectivity index (χ4n) is 1.92. The summed E-state index contributed by atoms with van der Waals surface area (Å²) in [5, 5.41) is 47.2. The first-order valence-corrected chi connectivity index (χ1v) is 6.13. The first-order chi connectivity index (χ1) is 9.88. The maximum Gasteiger partial charge on any atom is 0.195 e. The number of aliphatic hydroxyl groups excluding tert-OH is 1. The van der Waals surface area contributed by atoms with Gasteiger partial charge >= 0.3 is 0 Å². The van der Waals surface area contributed by atoms with E-state index in [1.807, 2.05) is 0 Å². The zero-order valence-corrected chi connectivity index (χ0v) is 10.9. The summed E-state index contributed by atoms with van der Waals surface area (Å²) in [6.45, 7) is 0. The third-order valence-corrected chi connectivity index (χ3v) is 3.02. The summed E-state index contributed by atoms with van der Waals surface area (Å²) < 4.78 is 0. The smallest absolute Gasteiger partial charge is 0.195 e. The van der Waals surface area contributed by atoms with Crippen molar-refractivity contribution in [3.05, 3.63) is 47.5 Å². The molecule has 0 aromatic heterocycles. The van der Waals surface area contributed by atoms with Gasteiger partial charge in [0.15, 0.2) is 17.3 Å². The minimum atomic E-state index is -1.43. The van der Waals surface area contributed by atoms with E-state index in [1.165, 1.54) is 30.3 Å². The molecule has 2 rings (SSSR count). The van der Waals surface area contributed by atoms with E-state index in [9.17, 15) is 25.2 Å². The molecular weight excluding hydrogens is 276 g/mol. The van der Waals surface area contributed by atoms with Gasteiger partial charge in [-0.05, 0) is 29.8 Å². The van der Waals surface area contributed by atoms with Crippen molar-refractivity contribution in [3.63, 3.8) is 0 Å². The topological polar surface area (TPSA) is 118 Å². The summed E-state index contributed by atoms with van der Waals surface area (Å²) in [7, 11) is 0. The summed E-state index contributed by atoms with van der Waals surface area (Å²) in [5.74, 6) is -1.97. The first-order valence-electron chi connectivity index (χ1n) is 6.13. The molecule has 0 spiro atoms. The van der Waals surface area contributed by atoms with Crippen molar-refractivity contribution in [1.82, 2.24) is 0 Å². The Morgan fingerprint density at radius 1 is 0.905 bits per heavy atom. The molecule has 0 aliphatic heterocycles. The van der Waals surface area contributed by atoms with Crippen LogP contribution in [0, 0.1) is 0 Å². The van der Waals surface area contributed by atoms with Gasteiger partial charge in [0.25, 0.3) is 0 Å². The highest BCUT2D eigenvalue weighted by molar-refractivity contribution is 6.01. The van der Waals surface area contributed by atoms with Crippen LogP contribution in [-0.2, 0) is 6.42 Å². The molecule has 6 heteroatoms. The van der Waals surface area contributed by atoms with Gasteiger partial charge in [-0.25, -0.2) is 0 Å². The van der Waals surface area contributed by atoms with Crippen LogP contribution in [0.25, 0.3) is 0 Å². The first kappa shape index (κ1) is 14.7. The number of benzene rings is 2. The third-order valence-electron chi connectivity index (χ3n) is 3.02. The van der Waals surface area contributed by atoms with E-state index in [-0.39, 0.29) is 29.2 Å². The van der Waals surface area contributed by atoms with E-state index in [0.717, 1.165) is 6.07 Å². The molecule has 0 radical (unpaired) electrons. The lowest BCUT2D eigenvalue weighted by Gasteiger charge is -2.11. The Hall–Kier alpha value is -2.73. The van der Waals surface area contributed by atoms with Gasteiger partial charge in [-0.2, -0.15) is 0 Å². The van der Waals surface area contributed by atoms with Crippen LogP contribution in [0.1, 0.15) is 15.9 Å². The molecule has 2 aromatic carbocycles. The molecule has 0 aliphatic rings. The van der Waals surface area contributed by atoms with Gasteiger partial charge in [-0.15, -0.1) is 0 Å².